The molecule has 0 saturated heterocycles. The number of benzene rings is 1. The fraction of sp³-hybridized carbons (Fsp3) is 0.435. The molecule has 0 spiro atoms. The minimum atomic E-state index is 0.307. The van der Waals surface area contributed by atoms with Crippen LogP contribution >= 0.6 is 23.1 Å². The van der Waals surface area contributed by atoms with E-state index in [1.54, 1.807) is 11.3 Å². The number of nitrogens with zero attached hydrogens (tertiary/aromatic N) is 4. The second kappa shape index (κ2) is 9.04. The molecule has 3 aromatic rings. The van der Waals surface area contributed by atoms with E-state index in [0.717, 1.165) is 53.5 Å². The van der Waals surface area contributed by atoms with Gasteiger partial charge in [0.1, 0.15) is 11.6 Å². The number of carbonyl (C=O) groups excluding carboxylic acids is 1. The Morgan fingerprint density at radius 2 is 1.90 bits per heavy atom. The van der Waals surface area contributed by atoms with Gasteiger partial charge in [-0.2, -0.15) is 9.97 Å². The number of aryl methyl sites for hydroxylation is 3. The highest BCUT2D eigenvalue weighted by atomic mass is 32.2. The van der Waals surface area contributed by atoms with Gasteiger partial charge in [-0.1, -0.05) is 19.1 Å². The second-order valence-electron chi connectivity index (χ2n) is 8.10. The van der Waals surface area contributed by atoms with Gasteiger partial charge in [0.05, 0.1) is 5.69 Å². The maximum Gasteiger partial charge on any atom is 0.233 e. The van der Waals surface area contributed by atoms with E-state index in [4.69, 9.17) is 4.98 Å². The van der Waals surface area contributed by atoms with E-state index in [9.17, 15) is 4.79 Å². The van der Waals surface area contributed by atoms with E-state index in [-0.39, 0.29) is 0 Å². The number of hydrogen-bond donors (Lipinski definition) is 1. The quantitative estimate of drug-likeness (QED) is 0.505. The molecule has 0 radical (unpaired) electrons. The summed E-state index contributed by atoms with van der Waals surface area (Å²) in [5, 5.41) is 4.83. The number of rotatable bonds is 8. The zero-order valence-electron chi connectivity index (χ0n) is 17.6. The zero-order valence-corrected chi connectivity index (χ0v) is 19.2. The van der Waals surface area contributed by atoms with Gasteiger partial charge in [-0.15, -0.1) is 11.3 Å². The summed E-state index contributed by atoms with van der Waals surface area (Å²) in [6.07, 6.45) is 8.04. The van der Waals surface area contributed by atoms with Gasteiger partial charge in [0.2, 0.25) is 5.95 Å². The van der Waals surface area contributed by atoms with E-state index < -0.39 is 0 Å². The van der Waals surface area contributed by atoms with Gasteiger partial charge in [-0.3, -0.25) is 10.1 Å². The lowest BCUT2D eigenvalue weighted by atomic mass is 10.0. The average Bonchev–Trinajstić information content (AvgIpc) is 3.55. The Morgan fingerprint density at radius 1 is 1.10 bits per heavy atom. The monoisotopic (exact) mass is 451 g/mol. The van der Waals surface area contributed by atoms with Gasteiger partial charge in [0.25, 0.3) is 0 Å². The molecule has 8 heteroatoms. The van der Waals surface area contributed by atoms with E-state index in [2.05, 4.69) is 20.3 Å². The van der Waals surface area contributed by atoms with Crippen molar-refractivity contribution in [3.8, 4) is 0 Å². The molecule has 1 saturated carbocycles. The van der Waals surface area contributed by atoms with Gasteiger partial charge in [-0.05, 0) is 68.0 Å². The van der Waals surface area contributed by atoms with Gasteiger partial charge in [-0.25, -0.2) is 9.97 Å². The lowest BCUT2D eigenvalue weighted by Crippen LogP contribution is -2.05. The summed E-state index contributed by atoms with van der Waals surface area (Å²) in [7, 11) is 0. The summed E-state index contributed by atoms with van der Waals surface area (Å²) >= 11 is 3.22. The van der Waals surface area contributed by atoms with Crippen molar-refractivity contribution in [1.82, 2.24) is 19.9 Å². The molecule has 2 aromatic heterocycles. The number of anilines is 2. The van der Waals surface area contributed by atoms with Crippen molar-refractivity contribution in [3.05, 3.63) is 46.2 Å². The molecule has 0 amide bonds. The second-order valence-corrected chi connectivity index (χ2v) is 10.2. The van der Waals surface area contributed by atoms with Gasteiger partial charge in [0.15, 0.2) is 10.3 Å². The largest absolute Gasteiger partial charge is 0.300 e. The van der Waals surface area contributed by atoms with Crippen LogP contribution in [0.5, 0.6) is 0 Å². The maximum absolute atomic E-state index is 12.0. The van der Waals surface area contributed by atoms with Crippen LogP contribution in [0.3, 0.4) is 0 Å². The minimum Gasteiger partial charge on any atom is -0.300 e. The van der Waals surface area contributed by atoms with Crippen LogP contribution in [-0.4, -0.2) is 25.7 Å². The van der Waals surface area contributed by atoms with Crippen molar-refractivity contribution in [2.75, 3.05) is 5.32 Å². The Balaban J connectivity index is 1.29. The first-order valence-electron chi connectivity index (χ1n) is 11.0. The first kappa shape index (κ1) is 20.6. The molecule has 1 N–H and O–H groups in total. The summed E-state index contributed by atoms with van der Waals surface area (Å²) in [5.74, 6) is 1.98. The molecule has 2 aliphatic carbocycles. The Morgan fingerprint density at radius 3 is 2.65 bits per heavy atom. The Labute approximate surface area is 190 Å². The summed E-state index contributed by atoms with van der Waals surface area (Å²) in [6, 6.07) is 8.14. The number of carbonyl (C=O) groups is 1. The third-order valence-electron chi connectivity index (χ3n) is 5.59. The summed E-state index contributed by atoms with van der Waals surface area (Å²) in [6.45, 7) is 2.04. The molecule has 2 aliphatic rings. The number of fused-ring (bicyclic) bond motifs is 1. The molecule has 0 unspecified atom stereocenters. The van der Waals surface area contributed by atoms with Gasteiger partial charge in [0, 0.05) is 28.5 Å². The predicted octanol–water partition coefficient (Wildman–Crippen LogP) is 5.19. The fourth-order valence-corrected chi connectivity index (χ4v) is 5.50. The van der Waals surface area contributed by atoms with Crippen LogP contribution < -0.4 is 5.32 Å². The number of Topliss-reactive ketones (excluding diaryl/α,β-unsaturated/α-hetero) is 1. The van der Waals surface area contributed by atoms with E-state index in [1.807, 2.05) is 31.2 Å². The van der Waals surface area contributed by atoms with Crippen LogP contribution in [-0.2, 0) is 30.5 Å². The van der Waals surface area contributed by atoms with Crippen LogP contribution in [0.25, 0.3) is 0 Å². The van der Waals surface area contributed by atoms with E-state index in [1.165, 1.54) is 35.2 Å². The fourth-order valence-electron chi connectivity index (χ4n) is 3.69. The SMILES string of the molecule is CCc1nc(Nc2nc3c(s2)CCCC3)nc(Sc2ccc(CC(=O)C3CC3)cc2)n1. The van der Waals surface area contributed by atoms with Gasteiger partial charge < -0.3 is 0 Å². The Hall–Kier alpha value is -2.32. The van der Waals surface area contributed by atoms with Crippen molar-refractivity contribution < 1.29 is 4.79 Å². The summed E-state index contributed by atoms with van der Waals surface area (Å²) in [4.78, 5) is 33.0. The maximum atomic E-state index is 12.0. The van der Waals surface area contributed by atoms with Crippen molar-refractivity contribution in [2.24, 2.45) is 5.92 Å². The van der Waals surface area contributed by atoms with E-state index >= 15 is 0 Å². The number of nitrogens with one attached hydrogen (secondary N) is 1. The molecule has 6 nitrogen and oxygen atoms in total. The Bertz CT molecular complexity index is 1070. The van der Waals surface area contributed by atoms with Crippen LogP contribution in [0.1, 0.15) is 54.6 Å². The lowest BCUT2D eigenvalue weighted by Gasteiger charge is -2.07. The molecule has 5 rings (SSSR count). The van der Waals surface area contributed by atoms with Crippen molar-refractivity contribution >= 4 is 40.0 Å². The summed E-state index contributed by atoms with van der Waals surface area (Å²) < 4.78 is 0. The standard InChI is InChI=1S/C23H25N5OS2/c1-2-20-25-21(27-22-24-17-5-3-4-6-19(17)31-22)28-23(26-20)30-16-11-7-14(8-12-16)13-18(29)15-9-10-15/h7-8,11-12,15H,2-6,9-10,13H2,1H3,(H,24,25,26,27,28). The smallest absolute Gasteiger partial charge is 0.233 e. The van der Waals surface area contributed by atoms with Crippen LogP contribution in [0.2, 0.25) is 0 Å². The first-order chi connectivity index (χ1) is 15.2. The van der Waals surface area contributed by atoms with E-state index in [0.29, 0.717) is 29.2 Å². The van der Waals surface area contributed by atoms with Crippen LogP contribution in [0.15, 0.2) is 34.3 Å². The highest BCUT2D eigenvalue weighted by Gasteiger charge is 2.29. The zero-order chi connectivity index (χ0) is 21.2. The number of aromatic nitrogens is 4. The van der Waals surface area contributed by atoms with Crippen molar-refractivity contribution in [2.45, 2.75) is 68.3 Å². The highest BCUT2D eigenvalue weighted by molar-refractivity contribution is 7.99. The normalized spacial score (nSPS) is 15.5. The molecule has 2 heterocycles. The van der Waals surface area contributed by atoms with Gasteiger partial charge >= 0.3 is 0 Å². The summed E-state index contributed by atoms with van der Waals surface area (Å²) in [5.41, 5.74) is 2.29. The predicted molar refractivity (Wildman–Crippen MR) is 123 cm³/mol. The number of ketones is 1. The molecule has 0 bridgehead atoms. The first-order valence-corrected chi connectivity index (χ1v) is 12.6. The minimum absolute atomic E-state index is 0.307. The van der Waals surface area contributed by atoms with Crippen molar-refractivity contribution in [1.29, 1.82) is 0 Å². The molecule has 31 heavy (non-hydrogen) atoms. The third kappa shape index (κ3) is 5.13. The van der Waals surface area contributed by atoms with Crippen LogP contribution in [0.4, 0.5) is 11.1 Å². The highest BCUT2D eigenvalue weighted by Crippen LogP contribution is 2.33. The molecular formula is C23H25N5OS2. The molecule has 1 aromatic carbocycles. The van der Waals surface area contributed by atoms with Crippen LogP contribution in [0, 0.1) is 5.92 Å². The lowest BCUT2D eigenvalue weighted by molar-refractivity contribution is -0.119. The van der Waals surface area contributed by atoms with Crippen molar-refractivity contribution in [3.63, 3.8) is 0 Å². The molecule has 1 fully saturated rings. The number of hydrogen-bond acceptors (Lipinski definition) is 8. The molecule has 0 atom stereocenters. The topological polar surface area (TPSA) is 80.7 Å². The average molecular weight is 452 g/mol. The molecule has 160 valence electrons. The molecular weight excluding hydrogens is 426 g/mol. The number of thiazole rings is 1. The third-order valence-corrected chi connectivity index (χ3v) is 7.53. The Kier molecular flexibility index (Phi) is 6.00. The molecule has 0 aliphatic heterocycles.